The van der Waals surface area contributed by atoms with Gasteiger partial charge in [-0.05, 0) is 39.3 Å². The van der Waals surface area contributed by atoms with Crippen molar-refractivity contribution >= 4 is 11.8 Å². The van der Waals surface area contributed by atoms with E-state index in [0.29, 0.717) is 25.9 Å². The highest BCUT2D eigenvalue weighted by atomic mass is 16.2. The lowest BCUT2D eigenvalue weighted by Crippen LogP contribution is -2.43. The number of aryl methyl sites for hydroxylation is 2. The Balaban J connectivity index is 2.07. The molecule has 0 aromatic carbocycles. The van der Waals surface area contributed by atoms with E-state index in [1.54, 1.807) is 26.0 Å². The predicted molar refractivity (Wildman–Crippen MR) is 96.3 cm³/mol. The van der Waals surface area contributed by atoms with Crippen molar-refractivity contribution in [3.8, 4) is 0 Å². The Bertz CT molecular complexity index is 617. The minimum Gasteiger partial charge on any atom is -0.349 e. The fourth-order valence-electron chi connectivity index (χ4n) is 3.11. The average molecular weight is 347 g/mol. The summed E-state index contributed by atoms with van der Waals surface area (Å²) in [6, 6.07) is 1.94. The van der Waals surface area contributed by atoms with Crippen LogP contribution in [0.1, 0.15) is 42.4 Å². The van der Waals surface area contributed by atoms with Crippen molar-refractivity contribution < 1.29 is 9.59 Å². The van der Waals surface area contributed by atoms with Crippen molar-refractivity contribution in [3.63, 3.8) is 0 Å². The number of carbonyl (C=O) groups excluding carboxylic acids is 2. The van der Waals surface area contributed by atoms with Gasteiger partial charge in [0.2, 0.25) is 11.8 Å². The molecule has 7 nitrogen and oxygen atoms in total. The first-order chi connectivity index (χ1) is 11.9. The van der Waals surface area contributed by atoms with Crippen molar-refractivity contribution in [3.05, 3.63) is 23.3 Å². The van der Waals surface area contributed by atoms with Crippen molar-refractivity contribution in [2.24, 2.45) is 0 Å². The number of amides is 2. The molecule has 1 N–H and O–H groups in total. The van der Waals surface area contributed by atoms with E-state index < -0.39 is 0 Å². The van der Waals surface area contributed by atoms with Gasteiger partial charge in [0.1, 0.15) is 5.82 Å². The van der Waals surface area contributed by atoms with Crippen LogP contribution in [0.25, 0.3) is 0 Å². The van der Waals surface area contributed by atoms with Crippen molar-refractivity contribution in [1.29, 1.82) is 0 Å². The number of aromatic nitrogens is 2. The largest absolute Gasteiger partial charge is 0.349 e. The maximum absolute atomic E-state index is 12.1. The second-order valence-electron chi connectivity index (χ2n) is 6.86. The van der Waals surface area contributed by atoms with Crippen LogP contribution in [-0.4, -0.2) is 72.4 Å². The zero-order valence-corrected chi connectivity index (χ0v) is 15.7. The number of rotatable bonds is 6. The van der Waals surface area contributed by atoms with Crippen LogP contribution in [0.5, 0.6) is 0 Å². The van der Waals surface area contributed by atoms with E-state index in [-0.39, 0.29) is 17.7 Å². The van der Waals surface area contributed by atoms with Crippen LogP contribution in [0.4, 0.5) is 0 Å². The maximum atomic E-state index is 12.1. The standard InChI is InChI=1S/C18H29N5O2/c1-13-10-15(7-8-16(24)22(3)4)21-18(20-13)14-6-5-9-23(12-14)17(25)11-19-2/h10,14,19H,5-9,11-12H2,1-4H3. The fourth-order valence-corrected chi connectivity index (χ4v) is 3.11. The Hall–Kier alpha value is -2.02. The van der Waals surface area contributed by atoms with Crippen molar-refractivity contribution in [2.75, 3.05) is 40.8 Å². The van der Waals surface area contributed by atoms with Gasteiger partial charge >= 0.3 is 0 Å². The van der Waals surface area contributed by atoms with Crippen molar-refractivity contribution in [2.45, 2.75) is 38.5 Å². The summed E-state index contributed by atoms with van der Waals surface area (Å²) in [5.41, 5.74) is 1.81. The molecule has 0 spiro atoms. The van der Waals surface area contributed by atoms with E-state index in [1.165, 1.54) is 0 Å². The lowest BCUT2D eigenvalue weighted by Gasteiger charge is -2.32. The summed E-state index contributed by atoms with van der Waals surface area (Å²) in [5, 5.41) is 2.92. The number of nitrogens with one attached hydrogen (secondary N) is 1. The number of hydrogen-bond donors (Lipinski definition) is 1. The van der Waals surface area contributed by atoms with Crippen LogP contribution in [0, 0.1) is 6.92 Å². The molecule has 7 heteroatoms. The maximum Gasteiger partial charge on any atom is 0.236 e. The minimum absolute atomic E-state index is 0.0966. The van der Waals surface area contributed by atoms with Gasteiger partial charge in [0.15, 0.2) is 0 Å². The molecule has 138 valence electrons. The zero-order chi connectivity index (χ0) is 18.4. The van der Waals surface area contributed by atoms with Crippen LogP contribution >= 0.6 is 0 Å². The average Bonchev–Trinajstić information content (AvgIpc) is 2.59. The van der Waals surface area contributed by atoms with Gasteiger partial charge in [-0.3, -0.25) is 9.59 Å². The number of likely N-dealkylation sites (N-methyl/N-ethyl adjacent to an activating group) is 1. The van der Waals surface area contributed by atoms with E-state index in [2.05, 4.69) is 10.3 Å². The first kappa shape index (κ1) is 19.3. The van der Waals surface area contributed by atoms with Crippen molar-refractivity contribution in [1.82, 2.24) is 25.1 Å². The van der Waals surface area contributed by atoms with Gasteiger partial charge in [-0.2, -0.15) is 0 Å². The van der Waals surface area contributed by atoms with E-state index >= 15 is 0 Å². The summed E-state index contributed by atoms with van der Waals surface area (Å²) >= 11 is 0. The molecule has 1 aliphatic rings. The van der Waals surface area contributed by atoms with Crippen LogP contribution in [0.3, 0.4) is 0 Å². The SMILES string of the molecule is CNCC(=O)N1CCCC(c2nc(C)cc(CCC(=O)N(C)C)n2)C1. The summed E-state index contributed by atoms with van der Waals surface area (Å²) < 4.78 is 0. The smallest absolute Gasteiger partial charge is 0.236 e. The molecule has 1 atom stereocenters. The number of carbonyl (C=O) groups is 2. The molecule has 1 fully saturated rings. The molecule has 0 saturated carbocycles. The second kappa shape index (κ2) is 8.89. The Morgan fingerprint density at radius 3 is 2.80 bits per heavy atom. The normalized spacial score (nSPS) is 17.4. The Labute approximate surface area is 149 Å². The number of piperidine rings is 1. The molecule has 2 heterocycles. The first-order valence-electron chi connectivity index (χ1n) is 8.87. The number of nitrogens with zero attached hydrogens (tertiary/aromatic N) is 4. The van der Waals surface area contributed by atoms with E-state index in [9.17, 15) is 9.59 Å². The lowest BCUT2D eigenvalue weighted by atomic mass is 9.96. The Kier molecular flexibility index (Phi) is 6.87. The van der Waals surface area contributed by atoms with Gasteiger partial charge in [0, 0.05) is 50.9 Å². The first-order valence-corrected chi connectivity index (χ1v) is 8.87. The molecular weight excluding hydrogens is 318 g/mol. The molecule has 1 aromatic heterocycles. The summed E-state index contributed by atoms with van der Waals surface area (Å²) in [4.78, 5) is 36.7. The van der Waals surface area contributed by atoms with Gasteiger partial charge < -0.3 is 15.1 Å². The fraction of sp³-hybridized carbons (Fsp3) is 0.667. The molecule has 1 unspecified atom stereocenters. The van der Waals surface area contributed by atoms with Gasteiger partial charge in [-0.15, -0.1) is 0 Å². The summed E-state index contributed by atoms with van der Waals surface area (Å²) in [6.07, 6.45) is 3.01. The molecule has 1 saturated heterocycles. The zero-order valence-electron chi connectivity index (χ0n) is 15.7. The minimum atomic E-state index is 0.0966. The molecule has 2 amide bonds. The topological polar surface area (TPSA) is 78.4 Å². The molecule has 1 aliphatic heterocycles. The number of likely N-dealkylation sites (tertiary alicyclic amines) is 1. The van der Waals surface area contributed by atoms with E-state index in [4.69, 9.17) is 4.98 Å². The Morgan fingerprint density at radius 1 is 1.36 bits per heavy atom. The van der Waals surface area contributed by atoms with Crippen LogP contribution in [0.15, 0.2) is 6.07 Å². The summed E-state index contributed by atoms with van der Waals surface area (Å²) in [7, 11) is 5.31. The van der Waals surface area contributed by atoms with Crippen LogP contribution < -0.4 is 5.32 Å². The highest BCUT2D eigenvalue weighted by Gasteiger charge is 2.26. The van der Waals surface area contributed by atoms with Crippen LogP contribution in [0.2, 0.25) is 0 Å². The quantitative estimate of drug-likeness (QED) is 0.821. The third-order valence-corrected chi connectivity index (χ3v) is 4.49. The molecule has 2 rings (SSSR count). The predicted octanol–water partition coefficient (Wildman–Crippen LogP) is 0.731. The van der Waals surface area contributed by atoms with Gasteiger partial charge in [0.05, 0.1) is 6.54 Å². The third-order valence-electron chi connectivity index (χ3n) is 4.49. The molecule has 0 radical (unpaired) electrons. The van der Waals surface area contributed by atoms with E-state index in [0.717, 1.165) is 36.6 Å². The highest BCUT2D eigenvalue weighted by Crippen LogP contribution is 2.25. The van der Waals surface area contributed by atoms with Gasteiger partial charge in [-0.25, -0.2) is 9.97 Å². The molecular formula is C18H29N5O2. The Morgan fingerprint density at radius 2 is 2.12 bits per heavy atom. The molecule has 0 bridgehead atoms. The second-order valence-corrected chi connectivity index (χ2v) is 6.86. The monoisotopic (exact) mass is 347 g/mol. The van der Waals surface area contributed by atoms with Gasteiger partial charge in [-0.1, -0.05) is 0 Å². The summed E-state index contributed by atoms with van der Waals surface area (Å²) in [6.45, 7) is 3.78. The van der Waals surface area contributed by atoms with Gasteiger partial charge in [0.25, 0.3) is 0 Å². The molecule has 1 aromatic rings. The van der Waals surface area contributed by atoms with Crippen LogP contribution in [-0.2, 0) is 16.0 Å². The van der Waals surface area contributed by atoms with E-state index in [1.807, 2.05) is 17.9 Å². The number of hydrogen-bond acceptors (Lipinski definition) is 5. The molecule has 0 aliphatic carbocycles. The third kappa shape index (κ3) is 5.49. The highest BCUT2D eigenvalue weighted by molar-refractivity contribution is 5.78. The lowest BCUT2D eigenvalue weighted by molar-refractivity contribution is -0.131. The summed E-state index contributed by atoms with van der Waals surface area (Å²) in [5.74, 6) is 1.18. The molecule has 25 heavy (non-hydrogen) atoms.